The van der Waals surface area contributed by atoms with Crippen LogP contribution in [0.3, 0.4) is 0 Å². The minimum Gasteiger partial charge on any atom is -0.493 e. The maximum atomic E-state index is 12.8. The lowest BCUT2D eigenvalue weighted by Gasteiger charge is -2.06. The lowest BCUT2D eigenvalue weighted by molar-refractivity contribution is 0.448. The Morgan fingerprint density at radius 3 is 2.63 bits per heavy atom. The van der Waals surface area contributed by atoms with Crippen LogP contribution >= 0.6 is 0 Å². The quantitative estimate of drug-likeness (QED) is 0.779. The molecule has 0 spiro atoms. The van der Waals surface area contributed by atoms with E-state index in [-0.39, 0.29) is 11.4 Å². The summed E-state index contributed by atoms with van der Waals surface area (Å²) in [5.74, 6) is -0.408. The standard InChI is InChI=1S/C13H14FN3O2/c1-2-15-7-10-16-12(18)11(13(19)17-10)8-3-5-9(14)6-4-8/h3-6,15H,2,7H2,1H3,(H2,16,17,18,19). The molecule has 0 unspecified atom stereocenters. The Hall–Kier alpha value is -2.21. The zero-order valence-electron chi connectivity index (χ0n) is 10.4. The van der Waals surface area contributed by atoms with Gasteiger partial charge in [-0.25, -0.2) is 4.39 Å². The molecule has 0 aliphatic rings. The van der Waals surface area contributed by atoms with E-state index in [2.05, 4.69) is 15.3 Å². The minimum atomic E-state index is -0.452. The van der Waals surface area contributed by atoms with E-state index in [0.717, 1.165) is 6.54 Å². The van der Waals surface area contributed by atoms with E-state index < -0.39 is 11.4 Å². The van der Waals surface area contributed by atoms with Crippen LogP contribution in [0.5, 0.6) is 5.88 Å². The van der Waals surface area contributed by atoms with Crippen LogP contribution in [0.1, 0.15) is 12.7 Å². The second kappa shape index (κ2) is 5.62. The van der Waals surface area contributed by atoms with E-state index in [9.17, 15) is 14.3 Å². The summed E-state index contributed by atoms with van der Waals surface area (Å²) in [6, 6.07) is 5.29. The molecular weight excluding hydrogens is 249 g/mol. The van der Waals surface area contributed by atoms with Crippen molar-refractivity contribution in [2.45, 2.75) is 13.5 Å². The van der Waals surface area contributed by atoms with Gasteiger partial charge in [0.05, 0.1) is 6.54 Å². The number of benzene rings is 1. The van der Waals surface area contributed by atoms with Gasteiger partial charge in [-0.05, 0) is 24.2 Å². The Kier molecular flexibility index (Phi) is 3.91. The summed E-state index contributed by atoms with van der Waals surface area (Å²) in [6.07, 6.45) is 0. The zero-order chi connectivity index (χ0) is 13.8. The number of halogens is 1. The monoisotopic (exact) mass is 263 g/mol. The van der Waals surface area contributed by atoms with Gasteiger partial charge in [-0.3, -0.25) is 4.79 Å². The molecule has 0 amide bonds. The van der Waals surface area contributed by atoms with Crippen molar-refractivity contribution in [1.29, 1.82) is 0 Å². The maximum absolute atomic E-state index is 12.8. The van der Waals surface area contributed by atoms with Crippen molar-refractivity contribution in [3.63, 3.8) is 0 Å². The molecule has 3 N–H and O–H groups in total. The topological polar surface area (TPSA) is 78.0 Å². The highest BCUT2D eigenvalue weighted by atomic mass is 19.1. The molecular formula is C13H14FN3O2. The smallest absolute Gasteiger partial charge is 0.262 e. The van der Waals surface area contributed by atoms with Gasteiger partial charge in [0, 0.05) is 0 Å². The normalized spacial score (nSPS) is 10.6. The number of aromatic amines is 1. The Morgan fingerprint density at radius 1 is 1.37 bits per heavy atom. The average molecular weight is 263 g/mol. The Bertz CT molecular complexity index is 623. The highest BCUT2D eigenvalue weighted by Crippen LogP contribution is 2.23. The SMILES string of the molecule is CCNCc1nc(O)c(-c2ccc(F)cc2)c(=O)[nH]1. The van der Waals surface area contributed by atoms with Gasteiger partial charge in [0.15, 0.2) is 0 Å². The van der Waals surface area contributed by atoms with E-state index in [1.54, 1.807) is 0 Å². The maximum Gasteiger partial charge on any atom is 0.262 e. The van der Waals surface area contributed by atoms with Crippen molar-refractivity contribution in [3.05, 3.63) is 46.3 Å². The molecule has 1 aromatic carbocycles. The van der Waals surface area contributed by atoms with Crippen LogP contribution < -0.4 is 10.9 Å². The van der Waals surface area contributed by atoms with E-state index in [4.69, 9.17) is 0 Å². The number of rotatable bonds is 4. The van der Waals surface area contributed by atoms with Crippen LogP contribution in [-0.4, -0.2) is 21.6 Å². The van der Waals surface area contributed by atoms with E-state index in [1.807, 2.05) is 6.92 Å². The molecule has 0 atom stereocenters. The Balaban J connectivity index is 2.42. The van der Waals surface area contributed by atoms with Crippen LogP contribution in [0.15, 0.2) is 29.1 Å². The van der Waals surface area contributed by atoms with Crippen molar-refractivity contribution in [2.24, 2.45) is 0 Å². The van der Waals surface area contributed by atoms with Crippen molar-refractivity contribution >= 4 is 0 Å². The molecule has 2 rings (SSSR count). The van der Waals surface area contributed by atoms with Gasteiger partial charge in [0.1, 0.15) is 17.2 Å². The number of aromatic hydroxyl groups is 1. The van der Waals surface area contributed by atoms with Gasteiger partial charge in [-0.15, -0.1) is 0 Å². The lowest BCUT2D eigenvalue weighted by atomic mass is 10.1. The molecule has 6 heteroatoms. The first kappa shape index (κ1) is 13.2. The van der Waals surface area contributed by atoms with Gasteiger partial charge in [0.2, 0.25) is 5.88 Å². The van der Waals surface area contributed by atoms with Crippen molar-refractivity contribution in [1.82, 2.24) is 15.3 Å². The summed E-state index contributed by atoms with van der Waals surface area (Å²) in [6.45, 7) is 3.01. The summed E-state index contributed by atoms with van der Waals surface area (Å²) in [5.41, 5.74) is 0.00918. The number of hydrogen-bond acceptors (Lipinski definition) is 4. The van der Waals surface area contributed by atoms with Crippen LogP contribution in [0.2, 0.25) is 0 Å². The van der Waals surface area contributed by atoms with Gasteiger partial charge in [-0.2, -0.15) is 4.98 Å². The van der Waals surface area contributed by atoms with Gasteiger partial charge in [0.25, 0.3) is 5.56 Å². The fraction of sp³-hybridized carbons (Fsp3) is 0.231. The second-order valence-corrected chi connectivity index (χ2v) is 4.00. The van der Waals surface area contributed by atoms with Crippen molar-refractivity contribution < 1.29 is 9.50 Å². The Labute approximate surface area is 109 Å². The second-order valence-electron chi connectivity index (χ2n) is 4.00. The van der Waals surface area contributed by atoms with Crippen molar-refractivity contribution in [2.75, 3.05) is 6.54 Å². The third kappa shape index (κ3) is 2.97. The van der Waals surface area contributed by atoms with Crippen LogP contribution in [0.4, 0.5) is 4.39 Å². The summed E-state index contributed by atoms with van der Waals surface area (Å²) < 4.78 is 12.8. The average Bonchev–Trinajstić information content (AvgIpc) is 2.38. The third-order valence-electron chi connectivity index (χ3n) is 2.62. The van der Waals surface area contributed by atoms with Crippen LogP contribution in [-0.2, 0) is 6.54 Å². The molecule has 2 aromatic rings. The molecule has 100 valence electrons. The molecule has 0 fully saturated rings. The van der Waals surface area contributed by atoms with Crippen LogP contribution in [0.25, 0.3) is 11.1 Å². The third-order valence-corrected chi connectivity index (χ3v) is 2.62. The number of hydrogen-bond donors (Lipinski definition) is 3. The molecule has 1 aromatic heterocycles. The lowest BCUT2D eigenvalue weighted by Crippen LogP contribution is -2.20. The first-order valence-corrected chi connectivity index (χ1v) is 5.90. The number of H-pyrrole nitrogens is 1. The molecule has 0 aliphatic heterocycles. The first-order valence-electron chi connectivity index (χ1n) is 5.90. The predicted molar refractivity (Wildman–Crippen MR) is 69.3 cm³/mol. The molecule has 0 saturated heterocycles. The largest absolute Gasteiger partial charge is 0.493 e. The van der Waals surface area contributed by atoms with E-state index in [1.165, 1.54) is 24.3 Å². The molecule has 0 aliphatic carbocycles. The summed E-state index contributed by atoms with van der Waals surface area (Å²) in [4.78, 5) is 18.4. The number of nitrogens with one attached hydrogen (secondary N) is 2. The predicted octanol–water partition coefficient (Wildman–Crippen LogP) is 1.39. The fourth-order valence-electron chi connectivity index (χ4n) is 1.71. The highest BCUT2D eigenvalue weighted by molar-refractivity contribution is 5.66. The summed E-state index contributed by atoms with van der Waals surface area (Å²) in [5, 5.41) is 12.8. The summed E-state index contributed by atoms with van der Waals surface area (Å²) >= 11 is 0. The molecule has 0 saturated carbocycles. The van der Waals surface area contributed by atoms with Gasteiger partial charge in [-0.1, -0.05) is 19.1 Å². The molecule has 5 nitrogen and oxygen atoms in total. The van der Waals surface area contributed by atoms with E-state index >= 15 is 0 Å². The molecule has 19 heavy (non-hydrogen) atoms. The number of nitrogens with zero attached hydrogens (tertiary/aromatic N) is 1. The highest BCUT2D eigenvalue weighted by Gasteiger charge is 2.12. The van der Waals surface area contributed by atoms with Gasteiger partial charge < -0.3 is 15.4 Å². The fourth-order valence-corrected chi connectivity index (χ4v) is 1.71. The van der Waals surface area contributed by atoms with Crippen molar-refractivity contribution in [3.8, 4) is 17.0 Å². The molecule has 1 heterocycles. The first-order chi connectivity index (χ1) is 9.11. The van der Waals surface area contributed by atoms with Gasteiger partial charge >= 0.3 is 0 Å². The molecule has 0 radical (unpaired) electrons. The summed E-state index contributed by atoms with van der Waals surface area (Å²) in [7, 11) is 0. The zero-order valence-corrected chi connectivity index (χ0v) is 10.4. The van der Waals surface area contributed by atoms with E-state index in [0.29, 0.717) is 17.9 Å². The Morgan fingerprint density at radius 2 is 2.05 bits per heavy atom. The number of aromatic nitrogens is 2. The van der Waals surface area contributed by atoms with Crippen LogP contribution in [0, 0.1) is 5.82 Å². The molecule has 0 bridgehead atoms. The minimum absolute atomic E-state index is 0.0419.